The molecular weight excluding hydrogens is 324 g/mol. The lowest BCUT2D eigenvalue weighted by molar-refractivity contribution is 0.306. The van der Waals surface area contributed by atoms with Crippen molar-refractivity contribution in [3.05, 3.63) is 64.7 Å². The summed E-state index contributed by atoms with van der Waals surface area (Å²) < 4.78 is 0. The fourth-order valence-electron chi connectivity index (χ4n) is 3.34. The van der Waals surface area contributed by atoms with Crippen LogP contribution >= 0.6 is 11.6 Å². The minimum Gasteiger partial charge on any atom is -0.508 e. The smallest absolute Gasteiger partial charge is 0.157 e. The highest BCUT2D eigenvalue weighted by Gasteiger charge is 2.27. The average molecular weight is 345 g/mol. The van der Waals surface area contributed by atoms with Gasteiger partial charge in [0.05, 0.1) is 10.7 Å². The van der Waals surface area contributed by atoms with E-state index in [1.807, 2.05) is 24.3 Å². The molecule has 0 radical (unpaired) electrons. The molecule has 4 nitrogen and oxygen atoms in total. The van der Waals surface area contributed by atoms with E-state index in [0.717, 1.165) is 42.7 Å². The van der Waals surface area contributed by atoms with Crippen LogP contribution < -0.4 is 5.73 Å². The average Bonchev–Trinajstić information content (AvgIpc) is 2.74. The van der Waals surface area contributed by atoms with Crippen LogP contribution in [0.15, 0.2) is 43.0 Å². The van der Waals surface area contributed by atoms with E-state index in [9.17, 15) is 10.2 Å². The fourth-order valence-corrected chi connectivity index (χ4v) is 3.65. The number of aromatic hydroxyl groups is 2. The molecule has 0 fully saturated rings. The van der Waals surface area contributed by atoms with E-state index in [-0.39, 0.29) is 17.4 Å². The summed E-state index contributed by atoms with van der Waals surface area (Å²) in [5.41, 5.74) is 9.29. The molecule has 0 spiro atoms. The third-order valence-corrected chi connectivity index (χ3v) is 4.99. The summed E-state index contributed by atoms with van der Waals surface area (Å²) in [6.45, 7) is 6.23. The normalized spacial score (nSPS) is 18.0. The van der Waals surface area contributed by atoms with Gasteiger partial charge >= 0.3 is 0 Å². The highest BCUT2D eigenvalue weighted by Crippen LogP contribution is 2.42. The van der Waals surface area contributed by atoms with E-state index in [2.05, 4.69) is 11.5 Å². The van der Waals surface area contributed by atoms with Gasteiger partial charge in [0.25, 0.3) is 0 Å². The molecule has 2 aromatic carbocycles. The molecule has 0 saturated heterocycles. The summed E-state index contributed by atoms with van der Waals surface area (Å²) in [6, 6.07) is 9.02. The highest BCUT2D eigenvalue weighted by molar-refractivity contribution is 6.33. The predicted octanol–water partition coefficient (Wildman–Crippen LogP) is 3.51. The van der Waals surface area contributed by atoms with Crippen molar-refractivity contribution in [3.63, 3.8) is 0 Å². The van der Waals surface area contributed by atoms with E-state index < -0.39 is 0 Å². The number of benzene rings is 2. The number of fused-ring (bicyclic) bond motifs is 1. The van der Waals surface area contributed by atoms with Crippen LogP contribution in [0.2, 0.25) is 5.02 Å². The number of hydrogen-bond donors (Lipinski definition) is 3. The van der Waals surface area contributed by atoms with Crippen LogP contribution in [0.25, 0.3) is 0 Å². The molecule has 1 heterocycles. The Bertz CT molecular complexity index is 759. The molecule has 1 aliphatic heterocycles. The van der Waals surface area contributed by atoms with Crippen LogP contribution in [0.3, 0.4) is 0 Å². The Balaban J connectivity index is 2.13. The van der Waals surface area contributed by atoms with Gasteiger partial charge in [-0.15, -0.1) is 6.58 Å². The van der Waals surface area contributed by atoms with E-state index in [1.165, 1.54) is 0 Å². The molecule has 126 valence electrons. The van der Waals surface area contributed by atoms with Crippen molar-refractivity contribution in [2.24, 2.45) is 0 Å². The molecule has 3 rings (SSSR count). The van der Waals surface area contributed by atoms with Gasteiger partial charge in [-0.2, -0.15) is 0 Å². The van der Waals surface area contributed by atoms with Crippen LogP contribution in [0.1, 0.15) is 22.6 Å². The molecule has 0 aromatic heterocycles. The second-order valence-corrected chi connectivity index (χ2v) is 6.52. The summed E-state index contributed by atoms with van der Waals surface area (Å²) >= 11 is 6.38. The number of phenols is 2. The van der Waals surface area contributed by atoms with Gasteiger partial charge in [-0.05, 0) is 41.3 Å². The number of rotatable bonds is 3. The molecule has 1 atom stereocenters. The Hall–Kier alpha value is -2.17. The van der Waals surface area contributed by atoms with E-state index in [1.54, 1.807) is 12.1 Å². The first-order valence-electron chi connectivity index (χ1n) is 7.93. The summed E-state index contributed by atoms with van der Waals surface area (Å²) in [5.74, 6) is 0.249. The topological polar surface area (TPSA) is 69.7 Å². The highest BCUT2D eigenvalue weighted by atomic mass is 35.5. The van der Waals surface area contributed by atoms with Crippen LogP contribution in [0, 0.1) is 0 Å². The molecule has 2 aromatic rings. The zero-order valence-electron chi connectivity index (χ0n) is 13.4. The molecule has 4 N–H and O–H groups in total. The monoisotopic (exact) mass is 344 g/mol. The van der Waals surface area contributed by atoms with Gasteiger partial charge in [-0.25, -0.2) is 0 Å². The number of anilines is 1. The van der Waals surface area contributed by atoms with E-state index in [4.69, 9.17) is 17.3 Å². The minimum absolute atomic E-state index is 0.0444. The maximum atomic E-state index is 10.1. The summed E-state index contributed by atoms with van der Waals surface area (Å²) in [4.78, 5) is 2.30. The number of nitrogen functional groups attached to an aromatic ring is 1. The first kappa shape index (κ1) is 16.7. The Labute approximate surface area is 146 Å². The SMILES string of the molecule is C=CCN1CCc2c(cc(N)c(O)c2Cl)C(c2ccc(O)cc2)C1. The van der Waals surface area contributed by atoms with Crippen molar-refractivity contribution < 1.29 is 10.2 Å². The fraction of sp³-hybridized carbons (Fsp3) is 0.263. The van der Waals surface area contributed by atoms with Gasteiger partial charge in [0, 0.05) is 25.6 Å². The molecule has 0 saturated carbocycles. The van der Waals surface area contributed by atoms with Crippen LogP contribution in [-0.4, -0.2) is 34.7 Å². The van der Waals surface area contributed by atoms with Gasteiger partial charge < -0.3 is 15.9 Å². The van der Waals surface area contributed by atoms with Crippen LogP contribution in [0.5, 0.6) is 11.5 Å². The standard InChI is InChI=1S/C19H21ClN2O2/c1-2-8-22-9-7-14-15(10-17(21)19(24)18(14)20)16(11-22)12-3-5-13(23)6-4-12/h2-6,10,16,23-24H,1,7-9,11,21H2. The van der Waals surface area contributed by atoms with Gasteiger partial charge in [-0.1, -0.05) is 29.8 Å². The minimum atomic E-state index is -0.0444. The summed E-state index contributed by atoms with van der Waals surface area (Å²) in [6.07, 6.45) is 2.63. The Morgan fingerprint density at radius 3 is 2.67 bits per heavy atom. The molecule has 24 heavy (non-hydrogen) atoms. The lowest BCUT2D eigenvalue weighted by Gasteiger charge is -2.24. The lowest BCUT2D eigenvalue weighted by atomic mass is 9.87. The second kappa shape index (κ2) is 6.75. The third kappa shape index (κ3) is 3.07. The van der Waals surface area contributed by atoms with Crippen molar-refractivity contribution in [2.75, 3.05) is 25.4 Å². The van der Waals surface area contributed by atoms with Crippen molar-refractivity contribution in [1.82, 2.24) is 4.90 Å². The molecule has 1 unspecified atom stereocenters. The molecule has 0 amide bonds. The first-order chi connectivity index (χ1) is 11.5. The largest absolute Gasteiger partial charge is 0.508 e. The van der Waals surface area contributed by atoms with Gasteiger partial charge in [0.1, 0.15) is 5.75 Å². The second-order valence-electron chi connectivity index (χ2n) is 6.14. The Morgan fingerprint density at radius 1 is 1.29 bits per heavy atom. The van der Waals surface area contributed by atoms with E-state index in [0.29, 0.717) is 10.7 Å². The molecule has 0 bridgehead atoms. The van der Waals surface area contributed by atoms with Crippen molar-refractivity contribution in [3.8, 4) is 11.5 Å². The van der Waals surface area contributed by atoms with Crippen LogP contribution in [-0.2, 0) is 6.42 Å². The van der Waals surface area contributed by atoms with Crippen LogP contribution in [0.4, 0.5) is 5.69 Å². The molecule has 0 aliphatic carbocycles. The number of nitrogens with two attached hydrogens (primary N) is 1. The lowest BCUT2D eigenvalue weighted by Crippen LogP contribution is -2.28. The quantitative estimate of drug-likeness (QED) is 0.453. The molecule has 1 aliphatic rings. The van der Waals surface area contributed by atoms with Gasteiger partial charge in [0.2, 0.25) is 0 Å². The van der Waals surface area contributed by atoms with Gasteiger partial charge in [-0.3, -0.25) is 4.90 Å². The first-order valence-corrected chi connectivity index (χ1v) is 8.31. The van der Waals surface area contributed by atoms with Crippen molar-refractivity contribution in [1.29, 1.82) is 0 Å². The maximum absolute atomic E-state index is 10.1. The molecular formula is C19H21ClN2O2. The zero-order valence-corrected chi connectivity index (χ0v) is 14.1. The van der Waals surface area contributed by atoms with E-state index >= 15 is 0 Å². The third-order valence-electron chi connectivity index (χ3n) is 4.58. The van der Waals surface area contributed by atoms with Gasteiger partial charge in [0.15, 0.2) is 5.75 Å². The number of nitrogens with zero attached hydrogens (tertiary/aromatic N) is 1. The Morgan fingerprint density at radius 2 is 2.00 bits per heavy atom. The number of halogens is 1. The summed E-state index contributed by atoms with van der Waals surface area (Å²) in [7, 11) is 0. The van der Waals surface area contributed by atoms with Crippen molar-refractivity contribution >= 4 is 17.3 Å². The molecule has 5 heteroatoms. The number of phenolic OH excluding ortho intramolecular Hbond substituents is 2. The maximum Gasteiger partial charge on any atom is 0.157 e. The summed E-state index contributed by atoms with van der Waals surface area (Å²) in [5, 5.41) is 20.0. The zero-order chi connectivity index (χ0) is 17.3. The van der Waals surface area contributed by atoms with Crippen molar-refractivity contribution in [2.45, 2.75) is 12.3 Å². The Kier molecular flexibility index (Phi) is 4.69. The number of hydrogen-bond acceptors (Lipinski definition) is 4. The predicted molar refractivity (Wildman–Crippen MR) is 97.8 cm³/mol.